The summed E-state index contributed by atoms with van der Waals surface area (Å²) >= 11 is 0. The van der Waals surface area contributed by atoms with Gasteiger partial charge in [-0.05, 0) is 36.1 Å². The molecule has 0 unspecified atom stereocenters. The Bertz CT molecular complexity index is 652. The number of hydrogen-bond acceptors (Lipinski definition) is 4. The van der Waals surface area contributed by atoms with Crippen LogP contribution >= 0.6 is 0 Å². The lowest BCUT2D eigenvalue weighted by Crippen LogP contribution is -2.33. The molecule has 0 N–H and O–H groups in total. The molecule has 122 valence electrons. The summed E-state index contributed by atoms with van der Waals surface area (Å²) in [5.74, 6) is 2.26. The van der Waals surface area contributed by atoms with Crippen LogP contribution in [0.2, 0.25) is 0 Å². The topological polar surface area (TPSA) is 38.2 Å². The summed E-state index contributed by atoms with van der Waals surface area (Å²) in [6.07, 6.45) is 4.14. The van der Waals surface area contributed by atoms with Gasteiger partial charge in [0, 0.05) is 31.7 Å². The van der Waals surface area contributed by atoms with E-state index in [9.17, 15) is 0 Å². The SMILES string of the molecule is COc1ccc(CCN2CCc3cnc(C(C)C)nc3C2)cc1. The Kier molecular flexibility index (Phi) is 4.91. The molecule has 0 spiro atoms. The van der Waals surface area contributed by atoms with Crippen LogP contribution < -0.4 is 4.74 Å². The van der Waals surface area contributed by atoms with Gasteiger partial charge in [0.15, 0.2) is 0 Å². The molecule has 1 aliphatic rings. The summed E-state index contributed by atoms with van der Waals surface area (Å²) in [6, 6.07) is 8.36. The third-order valence-electron chi connectivity index (χ3n) is 4.44. The number of methoxy groups -OCH3 is 1. The number of aromatic nitrogens is 2. The fraction of sp³-hybridized carbons (Fsp3) is 0.474. The maximum atomic E-state index is 5.21. The fourth-order valence-corrected chi connectivity index (χ4v) is 2.92. The summed E-state index contributed by atoms with van der Waals surface area (Å²) in [4.78, 5) is 11.7. The summed E-state index contributed by atoms with van der Waals surface area (Å²) < 4.78 is 5.21. The van der Waals surface area contributed by atoms with Crippen molar-refractivity contribution < 1.29 is 4.74 Å². The number of nitrogens with zero attached hydrogens (tertiary/aromatic N) is 3. The molecule has 23 heavy (non-hydrogen) atoms. The Labute approximate surface area is 138 Å². The zero-order valence-corrected chi connectivity index (χ0v) is 14.2. The second kappa shape index (κ2) is 7.09. The number of benzene rings is 1. The van der Waals surface area contributed by atoms with Gasteiger partial charge in [-0.1, -0.05) is 26.0 Å². The van der Waals surface area contributed by atoms with Gasteiger partial charge in [-0.15, -0.1) is 0 Å². The van der Waals surface area contributed by atoms with Gasteiger partial charge in [-0.3, -0.25) is 4.90 Å². The van der Waals surface area contributed by atoms with Gasteiger partial charge in [0.1, 0.15) is 11.6 Å². The van der Waals surface area contributed by atoms with Crippen molar-refractivity contribution in [2.75, 3.05) is 20.2 Å². The number of ether oxygens (including phenoxy) is 1. The van der Waals surface area contributed by atoms with E-state index >= 15 is 0 Å². The van der Waals surface area contributed by atoms with Crippen LogP contribution in [0.3, 0.4) is 0 Å². The molecule has 0 fully saturated rings. The standard InChI is InChI=1S/C19H25N3O/c1-14(2)19-20-12-16-9-11-22(13-18(16)21-19)10-8-15-4-6-17(23-3)7-5-15/h4-7,12,14H,8-11,13H2,1-3H3. The molecule has 3 rings (SSSR count). The highest BCUT2D eigenvalue weighted by atomic mass is 16.5. The predicted molar refractivity (Wildman–Crippen MR) is 91.8 cm³/mol. The molecule has 4 nitrogen and oxygen atoms in total. The third kappa shape index (κ3) is 3.88. The second-order valence-corrected chi connectivity index (χ2v) is 6.48. The zero-order chi connectivity index (χ0) is 16.2. The summed E-state index contributed by atoms with van der Waals surface area (Å²) in [5.41, 5.74) is 3.88. The molecular formula is C19H25N3O. The van der Waals surface area contributed by atoms with Crippen molar-refractivity contribution in [3.8, 4) is 5.75 Å². The Hall–Kier alpha value is -1.94. The smallest absolute Gasteiger partial charge is 0.131 e. The first-order valence-electron chi connectivity index (χ1n) is 8.35. The third-order valence-corrected chi connectivity index (χ3v) is 4.44. The monoisotopic (exact) mass is 311 g/mol. The van der Waals surface area contributed by atoms with Crippen molar-refractivity contribution in [1.82, 2.24) is 14.9 Å². The molecule has 1 aromatic carbocycles. The van der Waals surface area contributed by atoms with Crippen LogP contribution in [0.4, 0.5) is 0 Å². The first kappa shape index (κ1) is 15.9. The highest BCUT2D eigenvalue weighted by Gasteiger charge is 2.18. The minimum absolute atomic E-state index is 0.384. The molecule has 0 aliphatic carbocycles. The highest BCUT2D eigenvalue weighted by Crippen LogP contribution is 2.19. The minimum atomic E-state index is 0.384. The Morgan fingerprint density at radius 3 is 2.70 bits per heavy atom. The maximum absolute atomic E-state index is 5.21. The average molecular weight is 311 g/mol. The largest absolute Gasteiger partial charge is 0.497 e. The van der Waals surface area contributed by atoms with E-state index in [0.717, 1.165) is 44.0 Å². The van der Waals surface area contributed by atoms with E-state index in [4.69, 9.17) is 9.72 Å². The van der Waals surface area contributed by atoms with Crippen LogP contribution in [-0.2, 0) is 19.4 Å². The number of rotatable bonds is 5. The molecule has 1 aliphatic heterocycles. The molecule has 2 heterocycles. The molecule has 0 bridgehead atoms. The van der Waals surface area contributed by atoms with Crippen LogP contribution in [0.15, 0.2) is 30.5 Å². The fourth-order valence-electron chi connectivity index (χ4n) is 2.92. The van der Waals surface area contributed by atoms with Gasteiger partial charge in [0.05, 0.1) is 12.8 Å². The Morgan fingerprint density at radius 2 is 2.00 bits per heavy atom. The van der Waals surface area contributed by atoms with Crippen molar-refractivity contribution in [2.45, 2.75) is 39.2 Å². The molecule has 1 aromatic heterocycles. The van der Waals surface area contributed by atoms with Gasteiger partial charge >= 0.3 is 0 Å². The number of fused-ring (bicyclic) bond motifs is 1. The van der Waals surface area contributed by atoms with Crippen molar-refractivity contribution >= 4 is 0 Å². The highest BCUT2D eigenvalue weighted by molar-refractivity contribution is 5.27. The van der Waals surface area contributed by atoms with Gasteiger partial charge in [0.25, 0.3) is 0 Å². The van der Waals surface area contributed by atoms with E-state index in [1.807, 2.05) is 18.3 Å². The van der Waals surface area contributed by atoms with Gasteiger partial charge < -0.3 is 4.74 Å². The van der Waals surface area contributed by atoms with Crippen molar-refractivity contribution in [3.63, 3.8) is 0 Å². The van der Waals surface area contributed by atoms with Crippen molar-refractivity contribution in [2.24, 2.45) is 0 Å². The number of hydrogen-bond donors (Lipinski definition) is 0. The van der Waals surface area contributed by atoms with Crippen LogP contribution in [0.5, 0.6) is 5.75 Å². The lowest BCUT2D eigenvalue weighted by Gasteiger charge is -2.28. The van der Waals surface area contributed by atoms with E-state index in [0.29, 0.717) is 5.92 Å². The predicted octanol–water partition coefficient (Wildman–Crippen LogP) is 3.21. The molecule has 0 amide bonds. The molecule has 0 saturated heterocycles. The van der Waals surface area contributed by atoms with E-state index < -0.39 is 0 Å². The van der Waals surface area contributed by atoms with Crippen molar-refractivity contribution in [3.05, 3.63) is 53.1 Å². The maximum Gasteiger partial charge on any atom is 0.131 e. The Morgan fingerprint density at radius 1 is 1.22 bits per heavy atom. The molecule has 4 heteroatoms. The normalized spacial score (nSPS) is 14.8. The van der Waals surface area contributed by atoms with Gasteiger partial charge in [-0.25, -0.2) is 9.97 Å². The second-order valence-electron chi connectivity index (χ2n) is 6.48. The minimum Gasteiger partial charge on any atom is -0.497 e. The van der Waals surface area contributed by atoms with Crippen LogP contribution in [0.25, 0.3) is 0 Å². The molecular weight excluding hydrogens is 286 g/mol. The summed E-state index contributed by atoms with van der Waals surface area (Å²) in [7, 11) is 1.70. The van der Waals surface area contributed by atoms with Crippen molar-refractivity contribution in [1.29, 1.82) is 0 Å². The molecule has 2 aromatic rings. The first-order valence-corrected chi connectivity index (χ1v) is 8.35. The Balaban J connectivity index is 1.61. The lowest BCUT2D eigenvalue weighted by atomic mass is 10.0. The van der Waals surface area contributed by atoms with E-state index in [-0.39, 0.29) is 0 Å². The van der Waals surface area contributed by atoms with Crippen LogP contribution in [-0.4, -0.2) is 35.1 Å². The van der Waals surface area contributed by atoms with Gasteiger partial charge in [-0.2, -0.15) is 0 Å². The zero-order valence-electron chi connectivity index (χ0n) is 14.2. The molecule has 0 saturated carbocycles. The van der Waals surface area contributed by atoms with E-state index in [1.165, 1.54) is 16.8 Å². The average Bonchev–Trinajstić information content (AvgIpc) is 2.59. The lowest BCUT2D eigenvalue weighted by molar-refractivity contribution is 0.252. The molecule has 0 atom stereocenters. The molecule has 0 radical (unpaired) electrons. The van der Waals surface area contributed by atoms with Crippen LogP contribution in [0.1, 0.15) is 42.4 Å². The quantitative estimate of drug-likeness (QED) is 0.850. The van der Waals surface area contributed by atoms with E-state index in [2.05, 4.69) is 35.9 Å². The summed E-state index contributed by atoms with van der Waals surface area (Å²) in [6.45, 7) is 7.38. The summed E-state index contributed by atoms with van der Waals surface area (Å²) in [5, 5.41) is 0. The van der Waals surface area contributed by atoms with E-state index in [1.54, 1.807) is 7.11 Å². The van der Waals surface area contributed by atoms with Gasteiger partial charge in [0.2, 0.25) is 0 Å². The first-order chi connectivity index (χ1) is 11.2. The van der Waals surface area contributed by atoms with Crippen LogP contribution in [0, 0.1) is 0 Å².